The lowest BCUT2D eigenvalue weighted by atomic mass is 10.0. The first-order valence-electron chi connectivity index (χ1n) is 5.56. The first-order chi connectivity index (χ1) is 7.01. The second kappa shape index (κ2) is 7.51. The summed E-state index contributed by atoms with van der Waals surface area (Å²) in [7, 11) is 7.90. The van der Waals surface area contributed by atoms with E-state index < -0.39 is 0 Å². The summed E-state index contributed by atoms with van der Waals surface area (Å²) in [6.07, 6.45) is 1.20. The average Bonchev–Trinajstić information content (AvgIpc) is 2.16. The summed E-state index contributed by atoms with van der Waals surface area (Å²) in [6.45, 7) is 5.44. The SMILES string of the molecule is CN=C(NC)NCC(CC(C)C)N(C)C. The van der Waals surface area contributed by atoms with Crippen molar-refractivity contribution in [1.82, 2.24) is 15.5 Å². The van der Waals surface area contributed by atoms with Gasteiger partial charge in [0.15, 0.2) is 5.96 Å². The van der Waals surface area contributed by atoms with Gasteiger partial charge in [0.1, 0.15) is 0 Å². The minimum atomic E-state index is 0.551. The number of guanidine groups is 1. The lowest BCUT2D eigenvalue weighted by molar-refractivity contribution is 0.254. The highest BCUT2D eigenvalue weighted by molar-refractivity contribution is 5.79. The van der Waals surface area contributed by atoms with Crippen molar-refractivity contribution in [2.45, 2.75) is 26.3 Å². The number of rotatable bonds is 5. The third-order valence-corrected chi connectivity index (χ3v) is 2.44. The van der Waals surface area contributed by atoms with Crippen LogP contribution in [0.2, 0.25) is 0 Å². The van der Waals surface area contributed by atoms with Crippen molar-refractivity contribution < 1.29 is 0 Å². The quantitative estimate of drug-likeness (QED) is 0.524. The Balaban J connectivity index is 4.06. The van der Waals surface area contributed by atoms with Gasteiger partial charge in [-0.1, -0.05) is 13.8 Å². The number of likely N-dealkylation sites (N-methyl/N-ethyl adjacent to an activating group) is 1. The Morgan fingerprint density at radius 2 is 1.93 bits per heavy atom. The third kappa shape index (κ3) is 6.33. The Morgan fingerprint density at radius 3 is 2.27 bits per heavy atom. The van der Waals surface area contributed by atoms with Crippen LogP contribution in [0.5, 0.6) is 0 Å². The largest absolute Gasteiger partial charge is 0.359 e. The van der Waals surface area contributed by atoms with Gasteiger partial charge in [-0.3, -0.25) is 4.99 Å². The Morgan fingerprint density at radius 1 is 1.33 bits per heavy atom. The average molecular weight is 214 g/mol. The van der Waals surface area contributed by atoms with Crippen LogP contribution >= 0.6 is 0 Å². The van der Waals surface area contributed by atoms with Gasteiger partial charge in [0.25, 0.3) is 0 Å². The Labute approximate surface area is 94.1 Å². The van der Waals surface area contributed by atoms with E-state index in [2.05, 4.69) is 48.5 Å². The summed E-state index contributed by atoms with van der Waals surface area (Å²) in [6, 6.07) is 0.551. The summed E-state index contributed by atoms with van der Waals surface area (Å²) in [5.74, 6) is 1.57. The Bertz CT molecular complexity index is 187. The van der Waals surface area contributed by atoms with Crippen molar-refractivity contribution in [3.05, 3.63) is 0 Å². The molecular formula is C11H26N4. The van der Waals surface area contributed by atoms with Gasteiger partial charge in [-0.05, 0) is 26.4 Å². The molecule has 0 aromatic carbocycles. The molecule has 0 aromatic rings. The fourth-order valence-corrected chi connectivity index (χ4v) is 1.51. The van der Waals surface area contributed by atoms with Crippen molar-refractivity contribution in [2.75, 3.05) is 34.7 Å². The van der Waals surface area contributed by atoms with E-state index in [1.165, 1.54) is 6.42 Å². The zero-order valence-corrected chi connectivity index (χ0v) is 11.0. The normalized spacial score (nSPS) is 14.5. The molecule has 4 heteroatoms. The summed E-state index contributed by atoms with van der Waals surface area (Å²) in [5, 5.41) is 6.32. The summed E-state index contributed by atoms with van der Waals surface area (Å²) < 4.78 is 0. The van der Waals surface area contributed by atoms with Crippen molar-refractivity contribution in [3.63, 3.8) is 0 Å². The molecule has 0 radical (unpaired) electrons. The van der Waals surface area contributed by atoms with Crippen LogP contribution in [0.15, 0.2) is 4.99 Å². The summed E-state index contributed by atoms with van der Waals surface area (Å²) in [5.41, 5.74) is 0. The fraction of sp³-hybridized carbons (Fsp3) is 0.909. The number of hydrogen-bond acceptors (Lipinski definition) is 2. The zero-order valence-electron chi connectivity index (χ0n) is 11.0. The summed E-state index contributed by atoms with van der Waals surface area (Å²) in [4.78, 5) is 6.35. The second-order valence-electron chi connectivity index (χ2n) is 4.45. The smallest absolute Gasteiger partial charge is 0.190 e. The molecule has 0 spiro atoms. The van der Waals surface area contributed by atoms with Crippen molar-refractivity contribution >= 4 is 5.96 Å². The molecule has 0 bridgehead atoms. The van der Waals surface area contributed by atoms with Crippen LogP contribution in [0, 0.1) is 5.92 Å². The third-order valence-electron chi connectivity index (χ3n) is 2.44. The van der Waals surface area contributed by atoms with E-state index in [1.54, 1.807) is 7.05 Å². The second-order valence-corrected chi connectivity index (χ2v) is 4.45. The standard InChI is InChI=1S/C11H26N4/c1-9(2)7-10(15(5)6)8-14-11(12-3)13-4/h9-10H,7-8H2,1-6H3,(H2,12,13,14). The zero-order chi connectivity index (χ0) is 11.8. The van der Waals surface area contributed by atoms with Crippen LogP contribution in [-0.4, -0.2) is 51.6 Å². The van der Waals surface area contributed by atoms with E-state index in [1.807, 2.05) is 7.05 Å². The van der Waals surface area contributed by atoms with E-state index in [0.717, 1.165) is 18.4 Å². The molecule has 4 nitrogen and oxygen atoms in total. The van der Waals surface area contributed by atoms with Gasteiger partial charge in [-0.15, -0.1) is 0 Å². The molecular weight excluding hydrogens is 188 g/mol. The molecule has 0 aliphatic heterocycles. The monoisotopic (exact) mass is 214 g/mol. The molecule has 2 N–H and O–H groups in total. The van der Waals surface area contributed by atoms with Gasteiger partial charge < -0.3 is 15.5 Å². The van der Waals surface area contributed by atoms with Crippen molar-refractivity contribution in [1.29, 1.82) is 0 Å². The van der Waals surface area contributed by atoms with Crippen LogP contribution in [0.4, 0.5) is 0 Å². The predicted molar refractivity (Wildman–Crippen MR) is 67.4 cm³/mol. The molecule has 0 fully saturated rings. The number of nitrogens with zero attached hydrogens (tertiary/aromatic N) is 2. The molecule has 1 atom stereocenters. The highest BCUT2D eigenvalue weighted by Crippen LogP contribution is 2.07. The maximum atomic E-state index is 4.09. The van der Waals surface area contributed by atoms with Gasteiger partial charge in [-0.2, -0.15) is 0 Å². The molecule has 90 valence electrons. The molecule has 1 unspecified atom stereocenters. The number of hydrogen-bond donors (Lipinski definition) is 2. The first kappa shape index (κ1) is 14.2. The fourth-order valence-electron chi connectivity index (χ4n) is 1.51. The van der Waals surface area contributed by atoms with Crippen molar-refractivity contribution in [2.24, 2.45) is 10.9 Å². The molecule has 0 rings (SSSR count). The van der Waals surface area contributed by atoms with Gasteiger partial charge in [-0.25, -0.2) is 0 Å². The highest BCUT2D eigenvalue weighted by atomic mass is 15.2. The number of aliphatic imine (C=N–C) groups is 1. The first-order valence-corrected chi connectivity index (χ1v) is 5.56. The van der Waals surface area contributed by atoms with Crippen molar-refractivity contribution in [3.8, 4) is 0 Å². The molecule has 0 aliphatic rings. The molecule has 0 saturated heterocycles. The Kier molecular flexibility index (Phi) is 7.13. The number of nitrogens with one attached hydrogen (secondary N) is 2. The minimum absolute atomic E-state index is 0.551. The molecule has 15 heavy (non-hydrogen) atoms. The highest BCUT2D eigenvalue weighted by Gasteiger charge is 2.13. The van der Waals surface area contributed by atoms with Gasteiger partial charge >= 0.3 is 0 Å². The van der Waals surface area contributed by atoms with Gasteiger partial charge in [0.2, 0.25) is 0 Å². The molecule has 0 aliphatic carbocycles. The lowest BCUT2D eigenvalue weighted by Crippen LogP contribution is -2.44. The Hall–Kier alpha value is -0.770. The van der Waals surface area contributed by atoms with Crippen LogP contribution in [0.25, 0.3) is 0 Å². The van der Waals surface area contributed by atoms with E-state index in [-0.39, 0.29) is 0 Å². The van der Waals surface area contributed by atoms with Gasteiger partial charge in [0.05, 0.1) is 0 Å². The van der Waals surface area contributed by atoms with E-state index in [4.69, 9.17) is 0 Å². The minimum Gasteiger partial charge on any atom is -0.359 e. The van der Waals surface area contributed by atoms with Crippen LogP contribution in [-0.2, 0) is 0 Å². The van der Waals surface area contributed by atoms with E-state index in [9.17, 15) is 0 Å². The topological polar surface area (TPSA) is 39.7 Å². The van der Waals surface area contributed by atoms with Crippen LogP contribution in [0.3, 0.4) is 0 Å². The molecule has 0 saturated carbocycles. The van der Waals surface area contributed by atoms with E-state index in [0.29, 0.717) is 6.04 Å². The molecule has 0 amide bonds. The van der Waals surface area contributed by atoms with Crippen LogP contribution < -0.4 is 10.6 Å². The maximum Gasteiger partial charge on any atom is 0.190 e. The predicted octanol–water partition coefficient (Wildman–Crippen LogP) is 0.758. The lowest BCUT2D eigenvalue weighted by Gasteiger charge is -2.26. The maximum absolute atomic E-state index is 4.09. The molecule has 0 heterocycles. The molecule has 0 aromatic heterocycles. The van der Waals surface area contributed by atoms with E-state index >= 15 is 0 Å². The van der Waals surface area contributed by atoms with Crippen LogP contribution in [0.1, 0.15) is 20.3 Å². The summed E-state index contributed by atoms with van der Waals surface area (Å²) >= 11 is 0. The van der Waals surface area contributed by atoms with Gasteiger partial charge in [0, 0.05) is 26.7 Å².